The fourth-order valence-electron chi connectivity index (χ4n) is 5.89. The number of carbonyl (C=O) groups is 1. The summed E-state index contributed by atoms with van der Waals surface area (Å²) in [7, 11) is 1.71. The van der Waals surface area contributed by atoms with Crippen molar-refractivity contribution in [3.05, 3.63) is 88.5 Å². The van der Waals surface area contributed by atoms with Crippen LogP contribution in [0.2, 0.25) is 0 Å². The van der Waals surface area contributed by atoms with Gasteiger partial charge in [-0.3, -0.25) is 9.69 Å². The first-order chi connectivity index (χ1) is 19.5. The lowest BCUT2D eigenvalue weighted by atomic mass is 9.98. The molecule has 3 aromatic rings. The summed E-state index contributed by atoms with van der Waals surface area (Å²) in [5.41, 5.74) is 7.79. The van der Waals surface area contributed by atoms with Crippen LogP contribution in [0, 0.1) is 25.7 Å². The van der Waals surface area contributed by atoms with Crippen molar-refractivity contribution in [2.45, 2.75) is 34.7 Å². The molecule has 1 amide bonds. The van der Waals surface area contributed by atoms with E-state index in [0.717, 1.165) is 73.9 Å². The quantitative estimate of drug-likeness (QED) is 0.372. The van der Waals surface area contributed by atoms with Crippen molar-refractivity contribution in [3.8, 4) is 17.6 Å². The molecule has 0 bridgehead atoms. The first kappa shape index (κ1) is 30.0. The molecular weight excluding hydrogens is 508 g/mol. The number of para-hydroxylation sites is 3. The van der Waals surface area contributed by atoms with Crippen LogP contribution in [0.5, 0.6) is 5.75 Å². The van der Waals surface area contributed by atoms with Gasteiger partial charge in [0.25, 0.3) is 5.91 Å². The Labute approximate surface area is 246 Å². The molecule has 0 saturated carbocycles. The number of aryl methyl sites for hydroxylation is 2. The second-order valence-electron chi connectivity index (χ2n) is 10.7. The van der Waals surface area contributed by atoms with Crippen LogP contribution in [0.4, 0.5) is 11.4 Å². The third-order valence-electron chi connectivity index (χ3n) is 8.18. The molecule has 2 heterocycles. The third kappa shape index (κ3) is 6.69. The number of nitrogens with zero attached hydrogens (tertiary/aromatic N) is 4. The number of carbonyl (C=O) groups excluding carboxylic acids is 1. The van der Waals surface area contributed by atoms with Crippen molar-refractivity contribution in [1.82, 2.24) is 9.80 Å². The van der Waals surface area contributed by atoms with Crippen molar-refractivity contribution >= 4 is 17.3 Å². The number of ether oxygens (including phenoxy) is 1. The molecule has 0 aromatic heterocycles. The number of anilines is 2. The second kappa shape index (κ2) is 13.6. The Hall–Kier alpha value is -3.95. The molecule has 6 heteroatoms. The van der Waals surface area contributed by atoms with Crippen LogP contribution in [-0.2, 0) is 6.54 Å². The minimum absolute atomic E-state index is 0. The predicted molar refractivity (Wildman–Crippen MR) is 170 cm³/mol. The maximum atomic E-state index is 13.7. The SMILES string of the molecule is C.CC#Cc1ccccc1N1CCN(Cc2cc(C(=O)N3CCN(c4ccccc4OC)CC3)c(C)cc2C)CC1. The highest BCUT2D eigenvalue weighted by atomic mass is 16.5. The van der Waals surface area contributed by atoms with Crippen LogP contribution in [0.25, 0.3) is 0 Å². The van der Waals surface area contributed by atoms with E-state index in [-0.39, 0.29) is 13.3 Å². The van der Waals surface area contributed by atoms with Gasteiger partial charge in [0.15, 0.2) is 0 Å². The highest BCUT2D eigenvalue weighted by Gasteiger charge is 2.26. The monoisotopic (exact) mass is 552 g/mol. The van der Waals surface area contributed by atoms with Gasteiger partial charge in [0.1, 0.15) is 5.75 Å². The fourth-order valence-corrected chi connectivity index (χ4v) is 5.89. The van der Waals surface area contributed by atoms with Crippen LogP contribution in [-0.4, -0.2) is 75.2 Å². The number of methoxy groups -OCH3 is 1. The standard InChI is InChI=1S/C34H40N4O2.CH4/c1-5-10-28-11-6-7-12-31(28)36-17-15-35(16-18-36)25-29-24-30(27(3)23-26(29)2)34(39)38-21-19-37(20-22-38)32-13-8-9-14-33(32)40-4;/h6-9,11-14,23-24H,15-22,25H2,1-4H3;1H4. The highest BCUT2D eigenvalue weighted by molar-refractivity contribution is 5.96. The summed E-state index contributed by atoms with van der Waals surface area (Å²) in [6, 6.07) is 20.9. The zero-order valence-electron chi connectivity index (χ0n) is 24.2. The Morgan fingerprint density at radius 3 is 2.10 bits per heavy atom. The van der Waals surface area contributed by atoms with Gasteiger partial charge in [0.2, 0.25) is 0 Å². The Morgan fingerprint density at radius 2 is 1.41 bits per heavy atom. The van der Waals surface area contributed by atoms with Crippen molar-refractivity contribution in [3.63, 3.8) is 0 Å². The summed E-state index contributed by atoms with van der Waals surface area (Å²) >= 11 is 0. The second-order valence-corrected chi connectivity index (χ2v) is 10.7. The summed E-state index contributed by atoms with van der Waals surface area (Å²) in [6.45, 7) is 13.9. The van der Waals surface area contributed by atoms with Crippen molar-refractivity contribution in [2.75, 3.05) is 69.3 Å². The molecule has 0 spiro atoms. The number of rotatable bonds is 6. The molecule has 0 unspecified atom stereocenters. The summed E-state index contributed by atoms with van der Waals surface area (Å²) in [5.74, 6) is 7.30. The number of hydrogen-bond acceptors (Lipinski definition) is 5. The van der Waals surface area contributed by atoms with Crippen LogP contribution in [0.3, 0.4) is 0 Å². The summed E-state index contributed by atoms with van der Waals surface area (Å²) in [5, 5.41) is 0. The van der Waals surface area contributed by atoms with Crippen LogP contribution in [0.1, 0.15) is 47.0 Å². The van der Waals surface area contributed by atoms with Gasteiger partial charge in [-0.2, -0.15) is 0 Å². The van der Waals surface area contributed by atoms with Crippen LogP contribution < -0.4 is 14.5 Å². The van der Waals surface area contributed by atoms with E-state index >= 15 is 0 Å². The van der Waals surface area contributed by atoms with Gasteiger partial charge >= 0.3 is 0 Å². The average molecular weight is 553 g/mol. The maximum absolute atomic E-state index is 13.7. The molecule has 2 aliphatic rings. The van der Waals surface area contributed by atoms with Gasteiger partial charge < -0.3 is 19.4 Å². The van der Waals surface area contributed by atoms with Crippen molar-refractivity contribution in [2.24, 2.45) is 0 Å². The summed E-state index contributed by atoms with van der Waals surface area (Å²) in [6.07, 6.45) is 0. The van der Waals surface area contributed by atoms with E-state index in [2.05, 4.69) is 82.9 Å². The fraction of sp³-hybridized carbons (Fsp3) is 0.400. The molecule has 2 saturated heterocycles. The molecule has 6 nitrogen and oxygen atoms in total. The van der Waals surface area contributed by atoms with Gasteiger partial charge in [0.05, 0.1) is 18.5 Å². The van der Waals surface area contributed by atoms with E-state index in [9.17, 15) is 4.79 Å². The topological polar surface area (TPSA) is 39.3 Å². The van der Waals surface area contributed by atoms with Gasteiger partial charge in [-0.25, -0.2) is 0 Å². The smallest absolute Gasteiger partial charge is 0.254 e. The zero-order valence-corrected chi connectivity index (χ0v) is 24.2. The Kier molecular flexibility index (Phi) is 9.96. The van der Waals surface area contributed by atoms with Crippen molar-refractivity contribution in [1.29, 1.82) is 0 Å². The van der Waals surface area contributed by atoms with E-state index in [1.807, 2.05) is 30.0 Å². The minimum atomic E-state index is 0. The molecule has 2 aliphatic heterocycles. The molecule has 216 valence electrons. The molecule has 0 radical (unpaired) electrons. The largest absolute Gasteiger partial charge is 0.495 e. The number of hydrogen-bond donors (Lipinski definition) is 0. The minimum Gasteiger partial charge on any atom is -0.495 e. The number of amides is 1. The van der Waals surface area contributed by atoms with Crippen LogP contribution in [0.15, 0.2) is 60.7 Å². The van der Waals surface area contributed by atoms with Gasteiger partial charge in [0, 0.05) is 70.0 Å². The molecule has 0 N–H and O–H groups in total. The Balaban J connectivity index is 0.00000387. The number of benzene rings is 3. The lowest BCUT2D eigenvalue weighted by molar-refractivity contribution is 0.0745. The van der Waals surface area contributed by atoms with E-state index in [0.29, 0.717) is 13.1 Å². The molecule has 0 atom stereocenters. The van der Waals surface area contributed by atoms with Gasteiger partial charge in [-0.05, 0) is 67.8 Å². The lowest BCUT2D eigenvalue weighted by Gasteiger charge is -2.37. The summed E-state index contributed by atoms with van der Waals surface area (Å²) in [4.78, 5) is 22.9. The highest BCUT2D eigenvalue weighted by Crippen LogP contribution is 2.29. The lowest BCUT2D eigenvalue weighted by Crippen LogP contribution is -2.49. The zero-order chi connectivity index (χ0) is 28.1. The van der Waals surface area contributed by atoms with Crippen LogP contribution >= 0.6 is 0 Å². The van der Waals surface area contributed by atoms with E-state index in [4.69, 9.17) is 4.74 Å². The Bertz CT molecular complexity index is 1410. The van der Waals surface area contributed by atoms with Gasteiger partial charge in [-0.15, -0.1) is 5.92 Å². The Morgan fingerprint density at radius 1 is 0.805 bits per heavy atom. The molecule has 2 fully saturated rings. The van der Waals surface area contributed by atoms with E-state index in [1.54, 1.807) is 7.11 Å². The normalized spacial score (nSPS) is 15.6. The number of piperazine rings is 2. The van der Waals surface area contributed by atoms with Crippen molar-refractivity contribution < 1.29 is 9.53 Å². The summed E-state index contributed by atoms with van der Waals surface area (Å²) < 4.78 is 5.55. The van der Waals surface area contributed by atoms with E-state index in [1.165, 1.54) is 16.8 Å². The van der Waals surface area contributed by atoms with E-state index < -0.39 is 0 Å². The molecule has 0 aliphatic carbocycles. The first-order valence-electron chi connectivity index (χ1n) is 14.2. The molecule has 3 aromatic carbocycles. The van der Waals surface area contributed by atoms with Gasteiger partial charge in [-0.1, -0.05) is 43.7 Å². The average Bonchev–Trinajstić information content (AvgIpc) is 2.99. The molecule has 41 heavy (non-hydrogen) atoms. The first-order valence-corrected chi connectivity index (χ1v) is 14.2. The third-order valence-corrected chi connectivity index (χ3v) is 8.18. The molecule has 5 rings (SSSR count). The maximum Gasteiger partial charge on any atom is 0.254 e. The predicted octanol–water partition coefficient (Wildman–Crippen LogP) is 5.60. The molecular formula is C35H44N4O2.